The summed E-state index contributed by atoms with van der Waals surface area (Å²) in [6.45, 7) is 5.59. The summed E-state index contributed by atoms with van der Waals surface area (Å²) in [5.74, 6) is -0.254. The Balaban J connectivity index is 1.93. The fourth-order valence-corrected chi connectivity index (χ4v) is 2.27. The minimum Gasteiger partial charge on any atom is -0.502 e. The molecule has 2 rings (SSSR count). The van der Waals surface area contributed by atoms with Crippen molar-refractivity contribution in [3.8, 4) is 11.5 Å². The molecule has 8 heteroatoms. The number of hydrazone groups is 1. The highest BCUT2D eigenvalue weighted by Gasteiger charge is 2.12. The number of rotatable bonds is 6. The molecule has 0 saturated carbocycles. The van der Waals surface area contributed by atoms with E-state index in [2.05, 4.69) is 10.5 Å². The highest BCUT2D eigenvalue weighted by atomic mass is 16.6. The van der Waals surface area contributed by atoms with Gasteiger partial charge in [-0.05, 0) is 55.2 Å². The van der Waals surface area contributed by atoms with Gasteiger partial charge in [0.2, 0.25) is 0 Å². The Labute approximate surface area is 150 Å². The highest BCUT2D eigenvalue weighted by molar-refractivity contribution is 5.84. The number of benzene rings is 2. The second-order valence-electron chi connectivity index (χ2n) is 5.74. The molecule has 2 N–H and O–H groups in total. The van der Waals surface area contributed by atoms with Gasteiger partial charge < -0.3 is 9.84 Å². The molecule has 0 atom stereocenters. The molecule has 136 valence electrons. The maximum absolute atomic E-state index is 11.8. The zero-order valence-corrected chi connectivity index (χ0v) is 14.6. The van der Waals surface area contributed by atoms with Crippen LogP contribution < -0.4 is 10.2 Å². The van der Waals surface area contributed by atoms with Crippen molar-refractivity contribution in [2.75, 3.05) is 6.61 Å². The van der Waals surface area contributed by atoms with E-state index in [1.807, 2.05) is 32.9 Å². The lowest BCUT2D eigenvalue weighted by atomic mass is 10.1. The monoisotopic (exact) mass is 357 g/mol. The van der Waals surface area contributed by atoms with E-state index in [-0.39, 0.29) is 6.61 Å². The molecule has 0 unspecified atom stereocenters. The standard InChI is InChI=1S/C18H19N3O5/c1-11-4-5-12(2)18(13(11)3)26-10-17(23)20-19-9-14-6-7-15(21(24)25)16(22)8-14/h4-9,22H,10H2,1-3H3,(H,20,23). The van der Waals surface area contributed by atoms with Gasteiger partial charge in [-0.3, -0.25) is 14.9 Å². The van der Waals surface area contributed by atoms with Gasteiger partial charge in [0, 0.05) is 6.07 Å². The van der Waals surface area contributed by atoms with Gasteiger partial charge in [0.1, 0.15) is 5.75 Å². The van der Waals surface area contributed by atoms with Gasteiger partial charge in [-0.25, -0.2) is 5.43 Å². The second kappa shape index (κ2) is 8.11. The molecule has 0 aliphatic carbocycles. The van der Waals surface area contributed by atoms with E-state index < -0.39 is 22.3 Å². The Morgan fingerprint density at radius 1 is 1.27 bits per heavy atom. The molecule has 0 radical (unpaired) electrons. The van der Waals surface area contributed by atoms with Crippen LogP contribution in [0.25, 0.3) is 0 Å². The number of nitrogens with zero attached hydrogens (tertiary/aromatic N) is 2. The summed E-state index contributed by atoms with van der Waals surface area (Å²) in [6, 6.07) is 7.66. The van der Waals surface area contributed by atoms with Crippen molar-refractivity contribution in [3.05, 3.63) is 62.7 Å². The molecule has 2 aromatic carbocycles. The van der Waals surface area contributed by atoms with E-state index in [1.54, 1.807) is 0 Å². The Hall–Kier alpha value is -3.42. The van der Waals surface area contributed by atoms with Gasteiger partial charge in [-0.15, -0.1) is 0 Å². The predicted octanol–water partition coefficient (Wildman–Crippen LogP) is 2.75. The minimum atomic E-state index is -0.690. The number of aryl methyl sites for hydroxylation is 2. The van der Waals surface area contributed by atoms with Crippen molar-refractivity contribution < 1.29 is 19.6 Å². The van der Waals surface area contributed by atoms with E-state index in [9.17, 15) is 20.0 Å². The van der Waals surface area contributed by atoms with Gasteiger partial charge in [-0.2, -0.15) is 5.10 Å². The largest absolute Gasteiger partial charge is 0.502 e. The number of aromatic hydroxyl groups is 1. The van der Waals surface area contributed by atoms with Crippen molar-refractivity contribution in [2.24, 2.45) is 5.10 Å². The number of nitro benzene ring substituents is 1. The van der Waals surface area contributed by atoms with E-state index in [0.29, 0.717) is 11.3 Å². The minimum absolute atomic E-state index is 0.200. The van der Waals surface area contributed by atoms with Crippen LogP contribution in [0, 0.1) is 30.9 Å². The molecule has 0 spiro atoms. The molecule has 2 aromatic rings. The van der Waals surface area contributed by atoms with E-state index in [4.69, 9.17) is 4.74 Å². The Kier molecular flexibility index (Phi) is 5.90. The molecule has 0 saturated heterocycles. The SMILES string of the molecule is Cc1ccc(C)c(OCC(=O)NN=Cc2ccc([N+](=O)[O-])c(O)c2)c1C. The zero-order chi connectivity index (χ0) is 19.3. The van der Waals surface area contributed by atoms with Crippen LogP contribution in [0.1, 0.15) is 22.3 Å². The van der Waals surface area contributed by atoms with Crippen molar-refractivity contribution in [1.29, 1.82) is 0 Å². The number of carbonyl (C=O) groups is 1. The first-order valence-corrected chi connectivity index (χ1v) is 7.78. The van der Waals surface area contributed by atoms with Crippen LogP contribution in [0.3, 0.4) is 0 Å². The molecule has 8 nitrogen and oxygen atoms in total. The van der Waals surface area contributed by atoms with E-state index in [0.717, 1.165) is 22.8 Å². The van der Waals surface area contributed by atoms with Crippen LogP contribution >= 0.6 is 0 Å². The third-order valence-corrected chi connectivity index (χ3v) is 3.82. The molecule has 0 aliphatic heterocycles. The van der Waals surface area contributed by atoms with Crippen molar-refractivity contribution in [3.63, 3.8) is 0 Å². The maximum Gasteiger partial charge on any atom is 0.310 e. The number of hydrogen-bond donors (Lipinski definition) is 2. The molecule has 26 heavy (non-hydrogen) atoms. The van der Waals surface area contributed by atoms with Crippen LogP contribution in [0.4, 0.5) is 5.69 Å². The average molecular weight is 357 g/mol. The predicted molar refractivity (Wildman–Crippen MR) is 96.6 cm³/mol. The second-order valence-corrected chi connectivity index (χ2v) is 5.74. The summed E-state index contributed by atoms with van der Waals surface area (Å²) in [5, 5.41) is 23.9. The van der Waals surface area contributed by atoms with Crippen LogP contribution in [0.5, 0.6) is 11.5 Å². The van der Waals surface area contributed by atoms with Crippen LogP contribution in [-0.2, 0) is 4.79 Å². The summed E-state index contributed by atoms with van der Waals surface area (Å²) in [7, 11) is 0. The fraction of sp³-hybridized carbons (Fsp3) is 0.222. The fourth-order valence-electron chi connectivity index (χ4n) is 2.27. The van der Waals surface area contributed by atoms with Gasteiger partial charge >= 0.3 is 5.69 Å². The molecule has 0 aliphatic rings. The van der Waals surface area contributed by atoms with Gasteiger partial charge in [0.05, 0.1) is 11.1 Å². The topological polar surface area (TPSA) is 114 Å². The number of phenols is 1. The normalized spacial score (nSPS) is 10.7. The maximum atomic E-state index is 11.8. The van der Waals surface area contributed by atoms with Crippen molar-refractivity contribution in [1.82, 2.24) is 5.43 Å². The van der Waals surface area contributed by atoms with Gasteiger partial charge in [0.15, 0.2) is 12.4 Å². The van der Waals surface area contributed by atoms with E-state index >= 15 is 0 Å². The number of nitro groups is 1. The number of hydrogen-bond acceptors (Lipinski definition) is 6. The molecule has 1 amide bonds. The Bertz CT molecular complexity index is 877. The van der Waals surface area contributed by atoms with Crippen LogP contribution in [0.2, 0.25) is 0 Å². The average Bonchev–Trinajstić information content (AvgIpc) is 2.58. The number of nitrogens with one attached hydrogen (secondary N) is 1. The number of ether oxygens (including phenoxy) is 1. The summed E-state index contributed by atoms with van der Waals surface area (Å²) >= 11 is 0. The third kappa shape index (κ3) is 4.56. The van der Waals surface area contributed by atoms with Crippen LogP contribution in [0.15, 0.2) is 35.4 Å². The van der Waals surface area contributed by atoms with Crippen molar-refractivity contribution >= 4 is 17.8 Å². The number of phenolic OH excluding ortho intramolecular Hbond substituents is 1. The molecule has 0 heterocycles. The zero-order valence-electron chi connectivity index (χ0n) is 14.6. The smallest absolute Gasteiger partial charge is 0.310 e. The first kappa shape index (κ1) is 18.9. The lowest BCUT2D eigenvalue weighted by Gasteiger charge is -2.13. The quantitative estimate of drug-likeness (QED) is 0.469. The number of carbonyl (C=O) groups excluding carboxylic acids is 1. The summed E-state index contributed by atoms with van der Waals surface area (Å²) in [4.78, 5) is 21.8. The van der Waals surface area contributed by atoms with E-state index in [1.165, 1.54) is 18.3 Å². The van der Waals surface area contributed by atoms with Crippen molar-refractivity contribution in [2.45, 2.75) is 20.8 Å². The lowest BCUT2D eigenvalue weighted by Crippen LogP contribution is -2.25. The molecule has 0 fully saturated rings. The van der Waals surface area contributed by atoms with Crippen LogP contribution in [-0.4, -0.2) is 28.8 Å². The first-order chi connectivity index (χ1) is 12.3. The third-order valence-electron chi connectivity index (χ3n) is 3.82. The summed E-state index contributed by atoms with van der Waals surface area (Å²) in [5.41, 5.74) is 5.29. The molecular formula is C18H19N3O5. The first-order valence-electron chi connectivity index (χ1n) is 7.78. The van der Waals surface area contributed by atoms with Gasteiger partial charge in [0.25, 0.3) is 5.91 Å². The molecule has 0 aromatic heterocycles. The Morgan fingerprint density at radius 2 is 1.96 bits per heavy atom. The molecule has 0 bridgehead atoms. The highest BCUT2D eigenvalue weighted by Crippen LogP contribution is 2.26. The summed E-state index contributed by atoms with van der Waals surface area (Å²) < 4.78 is 5.57. The Morgan fingerprint density at radius 3 is 2.62 bits per heavy atom. The number of amides is 1. The summed E-state index contributed by atoms with van der Waals surface area (Å²) in [6.07, 6.45) is 1.27. The lowest BCUT2D eigenvalue weighted by molar-refractivity contribution is -0.385. The van der Waals surface area contributed by atoms with Gasteiger partial charge in [-0.1, -0.05) is 12.1 Å². The molecular weight excluding hydrogens is 338 g/mol.